The number of benzene rings is 2. The fourth-order valence-electron chi connectivity index (χ4n) is 1.58. The Morgan fingerprint density at radius 1 is 0.812 bits per heavy atom. The van der Waals surface area contributed by atoms with Gasteiger partial charge in [0.15, 0.2) is 0 Å². The topological polar surface area (TPSA) is 40.5 Å². The van der Waals surface area contributed by atoms with Crippen molar-refractivity contribution >= 4 is 23.5 Å². The Morgan fingerprint density at radius 3 is 2.56 bits per heavy atom. The molecule has 4 heteroatoms. The van der Waals surface area contributed by atoms with Gasteiger partial charge in [0.2, 0.25) is 0 Å². The standard InChI is InChI=1S/C12H8O2S2/c13-7-4-5-9-11(6-7)15-10-3-1-2-8(14)12(10)16-9/h1-6,13-14H. The summed E-state index contributed by atoms with van der Waals surface area (Å²) in [5, 5.41) is 19.2. The van der Waals surface area contributed by atoms with Crippen molar-refractivity contribution in [2.24, 2.45) is 0 Å². The van der Waals surface area contributed by atoms with Gasteiger partial charge in [-0.25, -0.2) is 0 Å². The zero-order valence-corrected chi connectivity index (χ0v) is 9.81. The molecule has 0 radical (unpaired) electrons. The van der Waals surface area contributed by atoms with E-state index in [4.69, 9.17) is 0 Å². The second-order valence-electron chi connectivity index (χ2n) is 3.44. The summed E-state index contributed by atoms with van der Waals surface area (Å²) in [5.41, 5.74) is 0. The Kier molecular flexibility index (Phi) is 2.26. The Bertz CT molecular complexity index is 567. The number of hydrogen-bond acceptors (Lipinski definition) is 4. The summed E-state index contributed by atoms with van der Waals surface area (Å²) in [5.74, 6) is 0.587. The zero-order valence-electron chi connectivity index (χ0n) is 8.18. The first kappa shape index (κ1) is 9.93. The van der Waals surface area contributed by atoms with E-state index in [0.29, 0.717) is 5.75 Å². The van der Waals surface area contributed by atoms with Crippen LogP contribution in [0.2, 0.25) is 0 Å². The van der Waals surface area contributed by atoms with Crippen molar-refractivity contribution in [3.8, 4) is 11.5 Å². The van der Waals surface area contributed by atoms with Crippen LogP contribution in [0.3, 0.4) is 0 Å². The normalized spacial score (nSPS) is 13.0. The van der Waals surface area contributed by atoms with Gasteiger partial charge >= 0.3 is 0 Å². The highest BCUT2D eigenvalue weighted by molar-refractivity contribution is 8.05. The molecule has 80 valence electrons. The Morgan fingerprint density at radius 2 is 1.69 bits per heavy atom. The molecular formula is C12H8O2S2. The molecule has 0 unspecified atom stereocenters. The van der Waals surface area contributed by atoms with Crippen LogP contribution in [0, 0.1) is 0 Å². The lowest BCUT2D eigenvalue weighted by Gasteiger charge is -2.18. The minimum atomic E-state index is 0.274. The minimum Gasteiger partial charge on any atom is -0.508 e. The van der Waals surface area contributed by atoms with E-state index in [0.717, 1.165) is 19.6 Å². The molecular weight excluding hydrogens is 240 g/mol. The average molecular weight is 248 g/mol. The molecule has 2 nitrogen and oxygen atoms in total. The number of phenols is 2. The number of rotatable bonds is 0. The van der Waals surface area contributed by atoms with Gasteiger partial charge in [-0.1, -0.05) is 29.6 Å². The van der Waals surface area contributed by atoms with Gasteiger partial charge in [-0.2, -0.15) is 0 Å². The fourth-order valence-corrected chi connectivity index (χ4v) is 3.86. The first-order valence-corrected chi connectivity index (χ1v) is 6.38. The summed E-state index contributed by atoms with van der Waals surface area (Å²) in [4.78, 5) is 4.02. The molecule has 2 aromatic rings. The summed E-state index contributed by atoms with van der Waals surface area (Å²) >= 11 is 3.11. The van der Waals surface area contributed by atoms with Crippen molar-refractivity contribution in [1.29, 1.82) is 0 Å². The van der Waals surface area contributed by atoms with E-state index in [9.17, 15) is 10.2 Å². The molecule has 0 fully saturated rings. The van der Waals surface area contributed by atoms with Crippen LogP contribution >= 0.6 is 23.5 Å². The third-order valence-electron chi connectivity index (χ3n) is 2.32. The van der Waals surface area contributed by atoms with Crippen molar-refractivity contribution in [2.75, 3.05) is 0 Å². The smallest absolute Gasteiger partial charge is 0.130 e. The maximum Gasteiger partial charge on any atom is 0.130 e. The van der Waals surface area contributed by atoms with Gasteiger partial charge in [-0.3, -0.25) is 0 Å². The molecule has 0 aromatic heterocycles. The highest BCUT2D eigenvalue weighted by Crippen LogP contribution is 2.51. The number of aromatic hydroxyl groups is 2. The van der Waals surface area contributed by atoms with Gasteiger partial charge in [0, 0.05) is 14.7 Å². The highest BCUT2D eigenvalue weighted by Gasteiger charge is 2.19. The number of fused-ring (bicyclic) bond motifs is 2. The van der Waals surface area contributed by atoms with E-state index in [1.165, 1.54) is 11.8 Å². The summed E-state index contributed by atoms with van der Waals surface area (Å²) in [7, 11) is 0. The first-order chi connectivity index (χ1) is 7.74. The third kappa shape index (κ3) is 1.54. The fraction of sp³-hybridized carbons (Fsp3) is 0. The van der Waals surface area contributed by atoms with E-state index in [-0.39, 0.29) is 5.75 Å². The van der Waals surface area contributed by atoms with E-state index in [1.807, 2.05) is 18.2 Å². The summed E-state index contributed by atoms with van der Waals surface area (Å²) in [6.07, 6.45) is 0. The van der Waals surface area contributed by atoms with Crippen molar-refractivity contribution in [1.82, 2.24) is 0 Å². The molecule has 0 bridgehead atoms. The largest absolute Gasteiger partial charge is 0.508 e. The molecule has 0 amide bonds. The predicted octanol–water partition coefficient (Wildman–Crippen LogP) is 3.71. The van der Waals surface area contributed by atoms with Crippen molar-refractivity contribution < 1.29 is 10.2 Å². The van der Waals surface area contributed by atoms with Crippen LogP contribution in [0.25, 0.3) is 0 Å². The molecule has 16 heavy (non-hydrogen) atoms. The van der Waals surface area contributed by atoms with Crippen LogP contribution in [0.1, 0.15) is 0 Å². The van der Waals surface area contributed by atoms with Crippen molar-refractivity contribution in [3.63, 3.8) is 0 Å². The van der Waals surface area contributed by atoms with Gasteiger partial charge in [-0.05, 0) is 30.3 Å². The third-order valence-corrected chi connectivity index (χ3v) is 4.90. The van der Waals surface area contributed by atoms with Crippen LogP contribution < -0.4 is 0 Å². The Balaban J connectivity index is 2.13. The monoisotopic (exact) mass is 248 g/mol. The lowest BCUT2D eigenvalue weighted by atomic mass is 10.3. The summed E-state index contributed by atoms with van der Waals surface area (Å²) in [6, 6.07) is 10.8. The van der Waals surface area contributed by atoms with Crippen molar-refractivity contribution in [2.45, 2.75) is 19.6 Å². The summed E-state index contributed by atoms with van der Waals surface area (Å²) in [6.45, 7) is 0. The molecule has 1 heterocycles. The Hall–Kier alpha value is -1.26. The minimum absolute atomic E-state index is 0.274. The first-order valence-electron chi connectivity index (χ1n) is 4.75. The van der Waals surface area contributed by atoms with Crippen LogP contribution in [0.15, 0.2) is 56.0 Å². The van der Waals surface area contributed by atoms with Crippen LogP contribution in [-0.4, -0.2) is 10.2 Å². The van der Waals surface area contributed by atoms with Crippen LogP contribution in [0.4, 0.5) is 0 Å². The quantitative estimate of drug-likeness (QED) is 0.636. The van der Waals surface area contributed by atoms with Gasteiger partial charge in [0.05, 0.1) is 4.90 Å². The lowest BCUT2D eigenvalue weighted by Crippen LogP contribution is -1.89. The molecule has 3 rings (SSSR count). The second-order valence-corrected chi connectivity index (χ2v) is 5.58. The molecule has 0 saturated carbocycles. The summed E-state index contributed by atoms with van der Waals surface area (Å²) < 4.78 is 0. The molecule has 1 aliphatic heterocycles. The van der Waals surface area contributed by atoms with Crippen LogP contribution in [-0.2, 0) is 0 Å². The molecule has 1 aliphatic rings. The lowest BCUT2D eigenvalue weighted by molar-refractivity contribution is 0.459. The molecule has 2 N–H and O–H groups in total. The molecule has 0 saturated heterocycles. The molecule has 0 aliphatic carbocycles. The van der Waals surface area contributed by atoms with E-state index >= 15 is 0 Å². The SMILES string of the molecule is Oc1ccc2c(c1)Sc1cccc(O)c1S2. The van der Waals surface area contributed by atoms with E-state index in [1.54, 1.807) is 30.0 Å². The highest BCUT2D eigenvalue weighted by atomic mass is 32.2. The number of hydrogen-bond donors (Lipinski definition) is 2. The van der Waals surface area contributed by atoms with Crippen molar-refractivity contribution in [3.05, 3.63) is 36.4 Å². The molecule has 2 aromatic carbocycles. The van der Waals surface area contributed by atoms with Gasteiger partial charge in [0.1, 0.15) is 11.5 Å². The van der Waals surface area contributed by atoms with Gasteiger partial charge in [-0.15, -0.1) is 0 Å². The predicted molar refractivity (Wildman–Crippen MR) is 64.5 cm³/mol. The second kappa shape index (κ2) is 3.64. The van der Waals surface area contributed by atoms with E-state index in [2.05, 4.69) is 0 Å². The maximum atomic E-state index is 9.75. The van der Waals surface area contributed by atoms with E-state index < -0.39 is 0 Å². The maximum absolute atomic E-state index is 9.75. The van der Waals surface area contributed by atoms with Crippen LogP contribution in [0.5, 0.6) is 11.5 Å². The van der Waals surface area contributed by atoms with Gasteiger partial charge < -0.3 is 10.2 Å². The zero-order chi connectivity index (χ0) is 11.1. The molecule has 0 spiro atoms. The number of phenolic OH excluding ortho intramolecular Hbond substituents is 2. The molecule has 0 atom stereocenters. The average Bonchev–Trinajstić information content (AvgIpc) is 2.27. The van der Waals surface area contributed by atoms with Gasteiger partial charge in [0.25, 0.3) is 0 Å². The Labute approximate surface area is 101 Å².